The highest BCUT2D eigenvalue weighted by atomic mass is 79.9. The quantitative estimate of drug-likeness (QED) is 0.782. The van der Waals surface area contributed by atoms with Crippen molar-refractivity contribution in [2.24, 2.45) is 0 Å². The molecule has 0 aliphatic carbocycles. The highest BCUT2D eigenvalue weighted by Gasteiger charge is 2.08. The van der Waals surface area contributed by atoms with E-state index in [0.717, 1.165) is 0 Å². The zero-order valence-electron chi connectivity index (χ0n) is 10.6. The lowest BCUT2D eigenvalue weighted by atomic mass is 10.2. The number of carbonyl (C=O) groups excluding carboxylic acids is 1. The number of rotatable bonds is 3. The maximum Gasteiger partial charge on any atom is 0.335 e. The molecule has 0 unspecified atom stereocenters. The number of hydrogen-bond acceptors (Lipinski definition) is 2. The summed E-state index contributed by atoms with van der Waals surface area (Å²) in [6.45, 7) is 0. The fourth-order valence-electron chi connectivity index (χ4n) is 1.57. The molecule has 0 spiro atoms. The Balaban J connectivity index is 2.02. The van der Waals surface area contributed by atoms with Crippen molar-refractivity contribution in [3.63, 3.8) is 0 Å². The molecular formula is C14H10BrFN2O3. The van der Waals surface area contributed by atoms with Gasteiger partial charge >= 0.3 is 12.0 Å². The lowest BCUT2D eigenvalue weighted by Gasteiger charge is -2.08. The average molecular weight is 353 g/mol. The van der Waals surface area contributed by atoms with Gasteiger partial charge in [0.1, 0.15) is 5.82 Å². The first-order valence-corrected chi connectivity index (χ1v) is 6.61. The molecule has 2 aromatic rings. The van der Waals surface area contributed by atoms with Crippen LogP contribution in [0.25, 0.3) is 0 Å². The normalized spacial score (nSPS) is 10.0. The number of carbonyl (C=O) groups is 2. The van der Waals surface area contributed by atoms with Gasteiger partial charge in [0.2, 0.25) is 0 Å². The van der Waals surface area contributed by atoms with Crippen LogP contribution in [-0.2, 0) is 0 Å². The SMILES string of the molecule is O=C(Nc1ccc(C(=O)O)cc1)Nc1ccc(Br)cc1F. The van der Waals surface area contributed by atoms with E-state index < -0.39 is 17.8 Å². The van der Waals surface area contributed by atoms with Crippen LogP contribution in [0.3, 0.4) is 0 Å². The second kappa shape index (κ2) is 6.36. The van der Waals surface area contributed by atoms with E-state index in [0.29, 0.717) is 10.2 Å². The number of urea groups is 1. The predicted molar refractivity (Wildman–Crippen MR) is 80.1 cm³/mol. The Hall–Kier alpha value is -2.41. The third-order valence-corrected chi connectivity index (χ3v) is 3.06. The number of carboxylic acid groups (broad SMARTS) is 1. The van der Waals surface area contributed by atoms with Gasteiger partial charge in [0, 0.05) is 10.2 Å². The highest BCUT2D eigenvalue weighted by molar-refractivity contribution is 9.10. The molecular weight excluding hydrogens is 343 g/mol. The Morgan fingerprint density at radius 1 is 1.05 bits per heavy atom. The summed E-state index contributed by atoms with van der Waals surface area (Å²) in [7, 11) is 0. The monoisotopic (exact) mass is 352 g/mol. The maximum absolute atomic E-state index is 13.6. The summed E-state index contributed by atoms with van der Waals surface area (Å²) in [5, 5.41) is 13.6. The first-order valence-electron chi connectivity index (χ1n) is 5.82. The van der Waals surface area contributed by atoms with E-state index in [9.17, 15) is 14.0 Å². The minimum Gasteiger partial charge on any atom is -0.478 e. The van der Waals surface area contributed by atoms with Crippen LogP contribution in [0.2, 0.25) is 0 Å². The molecule has 0 saturated heterocycles. The summed E-state index contributed by atoms with van der Waals surface area (Å²) < 4.78 is 14.1. The van der Waals surface area contributed by atoms with Gasteiger partial charge in [0.15, 0.2) is 0 Å². The Morgan fingerprint density at radius 2 is 1.71 bits per heavy atom. The van der Waals surface area contributed by atoms with Crippen LogP contribution in [0.1, 0.15) is 10.4 Å². The Kier molecular flexibility index (Phi) is 4.54. The summed E-state index contributed by atoms with van der Waals surface area (Å²) in [5.74, 6) is -1.62. The molecule has 0 fully saturated rings. The van der Waals surface area contributed by atoms with Crippen molar-refractivity contribution in [2.45, 2.75) is 0 Å². The van der Waals surface area contributed by atoms with Gasteiger partial charge in [-0.25, -0.2) is 14.0 Å². The van der Waals surface area contributed by atoms with Crippen LogP contribution in [0.5, 0.6) is 0 Å². The van der Waals surface area contributed by atoms with Crippen LogP contribution in [0.15, 0.2) is 46.9 Å². The van der Waals surface area contributed by atoms with E-state index in [2.05, 4.69) is 26.6 Å². The fourth-order valence-corrected chi connectivity index (χ4v) is 1.90. The number of nitrogens with one attached hydrogen (secondary N) is 2. The summed E-state index contributed by atoms with van der Waals surface area (Å²) in [6.07, 6.45) is 0. The number of benzene rings is 2. The molecule has 2 amide bonds. The van der Waals surface area contributed by atoms with Crippen molar-refractivity contribution >= 4 is 39.3 Å². The third-order valence-electron chi connectivity index (χ3n) is 2.57. The molecule has 5 nitrogen and oxygen atoms in total. The van der Waals surface area contributed by atoms with E-state index in [4.69, 9.17) is 5.11 Å². The van der Waals surface area contributed by atoms with Crippen molar-refractivity contribution in [1.29, 1.82) is 0 Å². The molecule has 108 valence electrons. The average Bonchev–Trinajstić information content (AvgIpc) is 2.42. The standard InChI is InChI=1S/C14H10BrFN2O3/c15-9-3-6-12(11(16)7-9)18-14(21)17-10-4-1-8(2-5-10)13(19)20/h1-7H,(H,19,20)(H2,17,18,21). The molecule has 0 atom stereocenters. The molecule has 2 rings (SSSR count). The molecule has 21 heavy (non-hydrogen) atoms. The number of amides is 2. The topological polar surface area (TPSA) is 78.4 Å². The number of hydrogen-bond donors (Lipinski definition) is 3. The minimum atomic E-state index is -1.05. The first-order chi connectivity index (χ1) is 9.95. The van der Waals surface area contributed by atoms with Gasteiger partial charge in [-0.05, 0) is 42.5 Å². The second-order valence-electron chi connectivity index (χ2n) is 4.09. The van der Waals surface area contributed by atoms with Gasteiger partial charge in [0.25, 0.3) is 0 Å². The number of anilines is 2. The van der Waals surface area contributed by atoms with Crippen molar-refractivity contribution in [2.75, 3.05) is 10.6 Å². The van der Waals surface area contributed by atoms with Gasteiger partial charge < -0.3 is 15.7 Å². The van der Waals surface area contributed by atoms with E-state index in [-0.39, 0.29) is 11.3 Å². The smallest absolute Gasteiger partial charge is 0.335 e. The van der Waals surface area contributed by atoms with E-state index >= 15 is 0 Å². The molecule has 3 N–H and O–H groups in total. The predicted octanol–water partition coefficient (Wildman–Crippen LogP) is 3.93. The van der Waals surface area contributed by atoms with Crippen molar-refractivity contribution in [3.8, 4) is 0 Å². The van der Waals surface area contributed by atoms with E-state index in [1.54, 1.807) is 6.07 Å². The zero-order valence-corrected chi connectivity index (χ0v) is 12.1. The molecule has 0 aliphatic rings. The van der Waals surface area contributed by atoms with Crippen LogP contribution >= 0.6 is 15.9 Å². The lowest BCUT2D eigenvalue weighted by Crippen LogP contribution is -2.20. The van der Waals surface area contributed by atoms with Crippen LogP contribution in [-0.4, -0.2) is 17.1 Å². The summed E-state index contributed by atoms with van der Waals surface area (Å²) >= 11 is 3.12. The van der Waals surface area contributed by atoms with Crippen molar-refractivity contribution < 1.29 is 19.1 Å². The molecule has 0 aliphatic heterocycles. The second-order valence-corrected chi connectivity index (χ2v) is 5.00. The van der Waals surface area contributed by atoms with Gasteiger partial charge in [-0.15, -0.1) is 0 Å². The molecule has 0 heterocycles. The highest BCUT2D eigenvalue weighted by Crippen LogP contribution is 2.19. The molecule has 7 heteroatoms. The zero-order chi connectivity index (χ0) is 15.4. The third kappa shape index (κ3) is 4.03. The molecule has 0 bridgehead atoms. The van der Waals surface area contributed by atoms with Gasteiger partial charge in [0.05, 0.1) is 11.3 Å². The van der Waals surface area contributed by atoms with Crippen molar-refractivity contribution in [1.82, 2.24) is 0 Å². The van der Waals surface area contributed by atoms with Crippen molar-refractivity contribution in [3.05, 3.63) is 58.3 Å². The van der Waals surface area contributed by atoms with Gasteiger partial charge in [-0.3, -0.25) is 0 Å². The Bertz CT molecular complexity index is 689. The summed E-state index contributed by atoms with van der Waals surface area (Å²) in [6, 6.07) is 9.24. The minimum absolute atomic E-state index is 0.0397. The largest absolute Gasteiger partial charge is 0.478 e. The van der Waals surface area contributed by atoms with E-state index in [1.807, 2.05) is 0 Å². The van der Waals surface area contributed by atoms with Crippen LogP contribution in [0.4, 0.5) is 20.6 Å². The van der Waals surface area contributed by atoms with E-state index in [1.165, 1.54) is 36.4 Å². The first kappa shape index (κ1) is 15.0. The fraction of sp³-hybridized carbons (Fsp3) is 0. The summed E-state index contributed by atoms with van der Waals surface area (Å²) in [4.78, 5) is 22.4. The van der Waals surface area contributed by atoms with Crippen LogP contribution < -0.4 is 10.6 Å². The number of aromatic carboxylic acids is 1. The van der Waals surface area contributed by atoms with Gasteiger partial charge in [-0.1, -0.05) is 15.9 Å². The number of halogens is 2. The number of carboxylic acids is 1. The Labute approximate surface area is 127 Å². The van der Waals surface area contributed by atoms with Gasteiger partial charge in [-0.2, -0.15) is 0 Å². The van der Waals surface area contributed by atoms with Crippen LogP contribution in [0, 0.1) is 5.82 Å². The molecule has 0 aromatic heterocycles. The Morgan fingerprint density at radius 3 is 2.29 bits per heavy atom. The summed E-state index contributed by atoms with van der Waals surface area (Å²) in [5.41, 5.74) is 0.549. The maximum atomic E-state index is 13.6. The molecule has 0 radical (unpaired) electrons. The lowest BCUT2D eigenvalue weighted by molar-refractivity contribution is 0.0697. The molecule has 0 saturated carbocycles. The molecule has 2 aromatic carbocycles.